The minimum atomic E-state index is -4.83. The van der Waals surface area contributed by atoms with Gasteiger partial charge in [-0.25, -0.2) is 9.88 Å². The Morgan fingerprint density at radius 3 is 2.47 bits per heavy atom. The van der Waals surface area contributed by atoms with Gasteiger partial charge in [0.05, 0.1) is 40.2 Å². The normalized spacial score (nSPS) is 25.2. The van der Waals surface area contributed by atoms with E-state index in [1.807, 2.05) is 25.1 Å². The van der Waals surface area contributed by atoms with E-state index >= 15 is 4.79 Å². The van der Waals surface area contributed by atoms with Crippen LogP contribution in [0.15, 0.2) is 66.2 Å². The monoisotopic (exact) mass is 878 g/mol. The lowest BCUT2D eigenvalue weighted by atomic mass is 9.51. The predicted molar refractivity (Wildman–Crippen MR) is 218 cm³/mol. The first-order valence-electron chi connectivity index (χ1n) is 18.9. The molecule has 5 heterocycles. The summed E-state index contributed by atoms with van der Waals surface area (Å²) in [6, 6.07) is 13.5. The van der Waals surface area contributed by atoms with Crippen LogP contribution in [0, 0.1) is 36.0 Å². The molecule has 2 aliphatic heterocycles. The summed E-state index contributed by atoms with van der Waals surface area (Å²) >= 11 is 14.1. The first-order chi connectivity index (χ1) is 28.4. The molecular formula is C42H35Cl2F3N6O6S. The first-order valence-corrected chi connectivity index (χ1v) is 20.5. The fraction of sp³-hybridized carbons (Fsp3) is 0.333. The number of alkyl halides is 3. The Bertz CT molecular complexity index is 2750. The van der Waals surface area contributed by atoms with Crippen LogP contribution >= 0.6 is 34.5 Å². The number of aromatic nitrogens is 3. The van der Waals surface area contributed by atoms with Crippen LogP contribution in [0.25, 0.3) is 20.7 Å². The third-order valence-electron chi connectivity index (χ3n) is 12.7. The number of pyridine rings is 1. The molecule has 0 bridgehead atoms. The third kappa shape index (κ3) is 5.70. The van der Waals surface area contributed by atoms with Crippen LogP contribution in [0.3, 0.4) is 0 Å². The number of allylic oxidation sites excluding steroid dienone is 2. The number of imide groups is 2. The van der Waals surface area contributed by atoms with Gasteiger partial charge in [0.2, 0.25) is 11.8 Å². The Labute approximate surface area is 354 Å². The van der Waals surface area contributed by atoms with Crippen molar-refractivity contribution >= 4 is 79.9 Å². The van der Waals surface area contributed by atoms with Gasteiger partial charge in [-0.05, 0) is 80.0 Å². The molecule has 2 aliphatic carbocycles. The largest absolute Gasteiger partial charge is 0.508 e. The van der Waals surface area contributed by atoms with Gasteiger partial charge in [0.25, 0.3) is 11.8 Å². The summed E-state index contributed by atoms with van der Waals surface area (Å²) in [5.41, 5.74) is -0.112. The number of hydrogen-bond acceptors (Lipinski definition) is 10. The van der Waals surface area contributed by atoms with E-state index in [0.29, 0.717) is 27.9 Å². The Morgan fingerprint density at radius 1 is 1.00 bits per heavy atom. The van der Waals surface area contributed by atoms with Gasteiger partial charge in [0.15, 0.2) is 5.82 Å². The van der Waals surface area contributed by atoms with Crippen LogP contribution in [-0.2, 0) is 32.4 Å². The highest BCUT2D eigenvalue weighted by molar-refractivity contribution is 7.22. The predicted octanol–water partition coefficient (Wildman–Crippen LogP) is 8.33. The number of aromatic hydroxyl groups is 1. The van der Waals surface area contributed by atoms with Gasteiger partial charge in [-0.2, -0.15) is 23.3 Å². The van der Waals surface area contributed by atoms with Crippen molar-refractivity contribution in [3.63, 3.8) is 0 Å². The molecule has 2 aromatic carbocycles. The fourth-order valence-corrected chi connectivity index (χ4v) is 11.5. The molecule has 9 rings (SSSR count). The molecule has 310 valence electrons. The second-order valence-electron chi connectivity index (χ2n) is 15.8. The number of phenolic OH excluding ortho intramolecular Hbond substituents is 1. The molecule has 6 atom stereocenters. The molecular weight excluding hydrogens is 844 g/mol. The minimum absolute atomic E-state index is 0.00149. The number of carbonyl (C=O) groups excluding carboxylic acids is 4. The molecule has 18 heteroatoms. The van der Waals surface area contributed by atoms with Crippen LogP contribution in [-0.4, -0.2) is 62.7 Å². The molecule has 3 aromatic heterocycles. The first kappa shape index (κ1) is 40.0. The average molecular weight is 880 g/mol. The van der Waals surface area contributed by atoms with E-state index in [1.165, 1.54) is 42.3 Å². The zero-order valence-electron chi connectivity index (χ0n) is 32.5. The highest BCUT2D eigenvalue weighted by Gasteiger charge is 2.68. The number of ether oxygens (including phenoxy) is 1. The van der Waals surface area contributed by atoms with E-state index in [2.05, 4.69) is 4.98 Å². The molecule has 1 saturated carbocycles. The molecule has 3 fully saturated rings. The van der Waals surface area contributed by atoms with Gasteiger partial charge in [-0.1, -0.05) is 40.9 Å². The molecule has 60 heavy (non-hydrogen) atoms. The van der Waals surface area contributed by atoms with Crippen molar-refractivity contribution in [2.24, 2.45) is 36.1 Å². The number of phenols is 1. The third-order valence-corrected chi connectivity index (χ3v) is 14.5. The highest BCUT2D eigenvalue weighted by Crippen LogP contribution is 2.65. The summed E-state index contributed by atoms with van der Waals surface area (Å²) in [4.78, 5) is 64.6. The fourth-order valence-electron chi connectivity index (χ4n) is 9.92. The summed E-state index contributed by atoms with van der Waals surface area (Å²) in [7, 11) is 4.31. The van der Waals surface area contributed by atoms with Crippen molar-refractivity contribution in [1.29, 1.82) is 0 Å². The van der Waals surface area contributed by atoms with Gasteiger partial charge < -0.3 is 9.84 Å². The number of fused-ring (bicyclic) bond motifs is 5. The quantitative estimate of drug-likeness (QED) is 0.132. The van der Waals surface area contributed by atoms with Crippen LogP contribution in [0.5, 0.6) is 11.5 Å². The lowest BCUT2D eigenvalue weighted by Gasteiger charge is -2.49. The molecule has 0 spiro atoms. The smallest absolute Gasteiger partial charge is 0.433 e. The van der Waals surface area contributed by atoms with Crippen molar-refractivity contribution in [3.05, 3.63) is 93.1 Å². The van der Waals surface area contributed by atoms with E-state index in [-0.39, 0.29) is 35.2 Å². The lowest BCUT2D eigenvalue weighted by Crippen LogP contribution is -2.49. The topological polar surface area (TPSA) is 138 Å². The van der Waals surface area contributed by atoms with Gasteiger partial charge in [0, 0.05) is 47.4 Å². The number of hydrazine groups is 1. The van der Waals surface area contributed by atoms with Crippen LogP contribution in [0.1, 0.15) is 42.5 Å². The number of rotatable bonds is 6. The molecule has 0 unspecified atom stereocenters. The molecule has 4 amide bonds. The van der Waals surface area contributed by atoms with Gasteiger partial charge in [-0.3, -0.25) is 28.9 Å². The highest BCUT2D eigenvalue weighted by atomic mass is 35.5. The van der Waals surface area contributed by atoms with E-state index in [4.69, 9.17) is 33.0 Å². The van der Waals surface area contributed by atoms with Gasteiger partial charge in [-0.15, -0.1) is 11.3 Å². The summed E-state index contributed by atoms with van der Waals surface area (Å²) in [6.45, 7) is 3.68. The van der Waals surface area contributed by atoms with Crippen LogP contribution < -0.4 is 14.6 Å². The number of halogens is 5. The zero-order valence-corrected chi connectivity index (χ0v) is 34.9. The minimum Gasteiger partial charge on any atom is -0.508 e. The Kier molecular flexibility index (Phi) is 9.19. The van der Waals surface area contributed by atoms with Crippen molar-refractivity contribution in [1.82, 2.24) is 19.8 Å². The second-order valence-corrected chi connectivity index (χ2v) is 17.7. The zero-order chi connectivity index (χ0) is 42.9. The Balaban J connectivity index is 1.14. The SMILES string of the molecule is COc1cc(O)ccc1[C@H]1C2=CC[C@@H]3C(=O)N(N(C)c4nc(C(F)(F)F)ccc4Cl)C(=O)[C@@H]3[C@@H]2C[C@H]2C(=O)N(c3cc(-c4sc5ccc(Cl)cc5c4C)nn3C)C(=O)[C@@]12C. The van der Waals surface area contributed by atoms with Crippen molar-refractivity contribution in [3.8, 4) is 22.1 Å². The number of thiophene rings is 1. The number of aryl methyl sites for hydroxylation is 2. The number of amides is 4. The van der Waals surface area contributed by atoms with Crippen LogP contribution in [0.4, 0.5) is 24.8 Å². The Morgan fingerprint density at radius 2 is 1.75 bits per heavy atom. The summed E-state index contributed by atoms with van der Waals surface area (Å²) in [5.74, 6) is -7.12. The molecule has 4 aliphatic rings. The maximum Gasteiger partial charge on any atom is 0.433 e. The lowest BCUT2D eigenvalue weighted by molar-refractivity contribution is -0.141. The average Bonchev–Trinajstić information content (AvgIpc) is 3.87. The number of benzene rings is 2. The standard InChI is InChI=1S/C42H35Cl2F3N6O6S/c1-18-24-14-19(43)6-12-30(24)60-35(18)28-17-32(50(3)49-28)52-38(56)26-16-25-21(34(41(26,2)40(52)58)22-8-7-20(54)15-29(22)59-5)9-10-23-33(25)39(57)53(37(23)55)51(4)36-27(44)11-13-31(48-36)42(45,46)47/h6-9,11-15,17,23,25-26,33-34,54H,10,16H2,1-5H3/t23-,25+,26-,33-,34+,41+/m0/s1. The molecule has 0 radical (unpaired) electrons. The summed E-state index contributed by atoms with van der Waals surface area (Å²) in [6.07, 6.45) is -2.94. The van der Waals surface area contributed by atoms with Crippen molar-refractivity contribution in [2.45, 2.75) is 38.8 Å². The van der Waals surface area contributed by atoms with Crippen molar-refractivity contribution in [2.75, 3.05) is 24.1 Å². The number of nitrogens with zero attached hydrogens (tertiary/aromatic N) is 6. The Hall–Kier alpha value is -5.45. The van der Waals surface area contributed by atoms with E-state index in [9.17, 15) is 32.7 Å². The number of anilines is 2. The molecule has 2 saturated heterocycles. The maximum absolute atomic E-state index is 15.2. The molecule has 1 N–H and O–H groups in total. The second kappa shape index (κ2) is 13.8. The summed E-state index contributed by atoms with van der Waals surface area (Å²) < 4.78 is 49.4. The molecule has 12 nitrogen and oxygen atoms in total. The van der Waals surface area contributed by atoms with Gasteiger partial charge in [0.1, 0.15) is 28.7 Å². The van der Waals surface area contributed by atoms with Crippen LogP contribution in [0.2, 0.25) is 10.0 Å². The number of hydrogen-bond donors (Lipinski definition) is 1. The number of carbonyl (C=O) groups is 4. The van der Waals surface area contributed by atoms with Crippen molar-refractivity contribution < 1.29 is 42.2 Å². The maximum atomic E-state index is 15.2. The van der Waals surface area contributed by atoms with Gasteiger partial charge >= 0.3 is 6.18 Å². The summed E-state index contributed by atoms with van der Waals surface area (Å²) in [5, 5.41) is 18.3. The van der Waals surface area contributed by atoms with E-state index in [0.717, 1.165) is 41.5 Å². The molecule has 5 aromatic rings. The number of methoxy groups -OCH3 is 1. The van der Waals surface area contributed by atoms with E-state index in [1.54, 1.807) is 32.2 Å². The van der Waals surface area contributed by atoms with E-state index < -0.39 is 76.3 Å².